The maximum atomic E-state index is 3.73. The van der Waals surface area contributed by atoms with E-state index in [9.17, 15) is 0 Å². The van der Waals surface area contributed by atoms with E-state index >= 15 is 0 Å². The second-order valence-corrected chi connectivity index (χ2v) is 6.06. The van der Waals surface area contributed by atoms with Gasteiger partial charge < -0.3 is 5.32 Å². The molecule has 0 aliphatic heterocycles. The van der Waals surface area contributed by atoms with Crippen molar-refractivity contribution in [3.63, 3.8) is 0 Å². The van der Waals surface area contributed by atoms with E-state index in [4.69, 9.17) is 0 Å². The Morgan fingerprint density at radius 2 is 2.18 bits per heavy atom. The Morgan fingerprint density at radius 3 is 2.76 bits per heavy atom. The summed E-state index contributed by atoms with van der Waals surface area (Å²) in [6, 6.07) is 8.74. The fourth-order valence-corrected chi connectivity index (χ4v) is 3.90. The molecule has 1 aromatic rings. The molecule has 1 aromatic carbocycles. The Morgan fingerprint density at radius 1 is 1.41 bits per heavy atom. The van der Waals surface area contributed by atoms with Gasteiger partial charge in [-0.2, -0.15) is 0 Å². The largest absolute Gasteiger partial charge is 0.316 e. The predicted octanol–water partition coefficient (Wildman–Crippen LogP) is 4.12. The zero-order valence-electron chi connectivity index (χ0n) is 10.8. The van der Waals surface area contributed by atoms with Crippen LogP contribution >= 0.6 is 15.9 Å². The third-order valence-corrected chi connectivity index (χ3v) is 5.00. The van der Waals surface area contributed by atoms with Crippen molar-refractivity contribution in [3.8, 4) is 0 Å². The van der Waals surface area contributed by atoms with E-state index in [-0.39, 0.29) is 0 Å². The SMILES string of the molecule is CCNCC1(c2ccccc2Br)CCCC1C. The summed E-state index contributed by atoms with van der Waals surface area (Å²) in [7, 11) is 0. The minimum atomic E-state index is 0.329. The molecule has 0 spiro atoms. The Bertz CT molecular complexity index is 377. The van der Waals surface area contributed by atoms with Crippen LogP contribution in [0.15, 0.2) is 28.7 Å². The summed E-state index contributed by atoms with van der Waals surface area (Å²) in [5.74, 6) is 0.764. The summed E-state index contributed by atoms with van der Waals surface area (Å²) < 4.78 is 1.27. The van der Waals surface area contributed by atoms with Crippen LogP contribution in [0.3, 0.4) is 0 Å². The number of nitrogens with one attached hydrogen (secondary N) is 1. The Labute approximate surface area is 113 Å². The van der Waals surface area contributed by atoms with Crippen molar-refractivity contribution in [1.82, 2.24) is 5.32 Å². The number of likely N-dealkylation sites (N-methyl/N-ethyl adjacent to an activating group) is 1. The van der Waals surface area contributed by atoms with Crippen LogP contribution in [0.2, 0.25) is 0 Å². The van der Waals surface area contributed by atoms with Crippen LogP contribution in [0.25, 0.3) is 0 Å². The molecule has 2 atom stereocenters. The lowest BCUT2D eigenvalue weighted by molar-refractivity contribution is 0.319. The summed E-state index contributed by atoms with van der Waals surface area (Å²) in [5.41, 5.74) is 1.82. The average Bonchev–Trinajstić information content (AvgIpc) is 2.70. The van der Waals surface area contributed by atoms with Gasteiger partial charge in [0.2, 0.25) is 0 Å². The summed E-state index contributed by atoms with van der Waals surface area (Å²) in [5, 5.41) is 3.57. The molecule has 94 valence electrons. The van der Waals surface area contributed by atoms with E-state index in [1.165, 1.54) is 29.3 Å². The lowest BCUT2D eigenvalue weighted by atomic mass is 9.73. The number of hydrogen-bond acceptors (Lipinski definition) is 1. The van der Waals surface area contributed by atoms with Gasteiger partial charge in [-0.3, -0.25) is 0 Å². The van der Waals surface area contributed by atoms with Crippen molar-refractivity contribution in [2.24, 2.45) is 5.92 Å². The first kappa shape index (κ1) is 13.1. The standard InChI is InChI=1S/C15H22BrN/c1-3-17-11-15(10-6-7-12(15)2)13-8-4-5-9-14(13)16/h4-5,8-9,12,17H,3,6-7,10-11H2,1-2H3. The van der Waals surface area contributed by atoms with Gasteiger partial charge in [-0.1, -0.05) is 54.4 Å². The third kappa shape index (κ3) is 2.43. The Hall–Kier alpha value is -0.340. The van der Waals surface area contributed by atoms with Gasteiger partial charge in [0.1, 0.15) is 0 Å². The van der Waals surface area contributed by atoms with E-state index in [1.807, 2.05) is 0 Å². The maximum absolute atomic E-state index is 3.73. The summed E-state index contributed by atoms with van der Waals surface area (Å²) in [6.07, 6.45) is 4.02. The fraction of sp³-hybridized carbons (Fsp3) is 0.600. The van der Waals surface area contributed by atoms with Gasteiger partial charge in [0.15, 0.2) is 0 Å². The molecular formula is C15H22BrN. The minimum absolute atomic E-state index is 0.329. The normalized spacial score (nSPS) is 28.5. The monoisotopic (exact) mass is 295 g/mol. The van der Waals surface area contributed by atoms with E-state index in [0.29, 0.717) is 5.41 Å². The summed E-state index contributed by atoms with van der Waals surface area (Å²) in [6.45, 7) is 6.75. The number of rotatable bonds is 4. The topological polar surface area (TPSA) is 12.0 Å². The molecule has 1 nitrogen and oxygen atoms in total. The number of halogens is 1. The van der Waals surface area contributed by atoms with Gasteiger partial charge in [0.05, 0.1) is 0 Å². The van der Waals surface area contributed by atoms with Gasteiger partial charge in [0.25, 0.3) is 0 Å². The molecule has 0 amide bonds. The molecule has 1 aliphatic carbocycles. The van der Waals surface area contributed by atoms with Gasteiger partial charge in [0, 0.05) is 16.4 Å². The molecule has 2 unspecified atom stereocenters. The quantitative estimate of drug-likeness (QED) is 0.881. The van der Waals surface area contributed by atoms with E-state index < -0.39 is 0 Å². The Balaban J connectivity index is 2.36. The van der Waals surface area contributed by atoms with Crippen molar-refractivity contribution in [3.05, 3.63) is 34.3 Å². The molecule has 1 aliphatic rings. The fourth-order valence-electron chi connectivity index (χ4n) is 3.22. The zero-order valence-corrected chi connectivity index (χ0v) is 12.4. The highest BCUT2D eigenvalue weighted by atomic mass is 79.9. The molecule has 2 rings (SSSR count). The molecule has 1 saturated carbocycles. The van der Waals surface area contributed by atoms with Crippen LogP contribution in [0.1, 0.15) is 38.7 Å². The van der Waals surface area contributed by atoms with Gasteiger partial charge in [-0.05, 0) is 36.9 Å². The zero-order chi connectivity index (χ0) is 12.3. The van der Waals surface area contributed by atoms with Crippen LogP contribution in [0.4, 0.5) is 0 Å². The summed E-state index contributed by atoms with van der Waals surface area (Å²) >= 11 is 3.73. The van der Waals surface area contributed by atoms with Gasteiger partial charge in [-0.25, -0.2) is 0 Å². The molecular weight excluding hydrogens is 274 g/mol. The van der Waals surface area contributed by atoms with Crippen molar-refractivity contribution in [2.75, 3.05) is 13.1 Å². The first-order chi connectivity index (χ1) is 8.20. The van der Waals surface area contributed by atoms with Crippen molar-refractivity contribution in [2.45, 2.75) is 38.5 Å². The molecule has 1 N–H and O–H groups in total. The van der Waals surface area contributed by atoms with Gasteiger partial charge in [-0.15, -0.1) is 0 Å². The molecule has 0 radical (unpaired) electrons. The lowest BCUT2D eigenvalue weighted by Gasteiger charge is -2.35. The third-order valence-electron chi connectivity index (χ3n) is 4.30. The maximum Gasteiger partial charge on any atom is 0.0213 e. The smallest absolute Gasteiger partial charge is 0.0213 e. The molecule has 0 bridgehead atoms. The first-order valence-corrected chi connectivity index (χ1v) is 7.45. The molecule has 1 fully saturated rings. The first-order valence-electron chi connectivity index (χ1n) is 6.66. The molecule has 0 heterocycles. The summed E-state index contributed by atoms with van der Waals surface area (Å²) in [4.78, 5) is 0. The van der Waals surface area contributed by atoms with Crippen molar-refractivity contribution in [1.29, 1.82) is 0 Å². The molecule has 17 heavy (non-hydrogen) atoms. The lowest BCUT2D eigenvalue weighted by Crippen LogP contribution is -2.40. The molecule has 2 heteroatoms. The van der Waals surface area contributed by atoms with Crippen LogP contribution < -0.4 is 5.32 Å². The highest BCUT2D eigenvalue weighted by Crippen LogP contribution is 2.47. The second kappa shape index (κ2) is 5.53. The highest BCUT2D eigenvalue weighted by Gasteiger charge is 2.42. The number of hydrogen-bond donors (Lipinski definition) is 1. The van der Waals surface area contributed by atoms with Gasteiger partial charge >= 0.3 is 0 Å². The Kier molecular flexibility index (Phi) is 4.26. The average molecular weight is 296 g/mol. The highest BCUT2D eigenvalue weighted by molar-refractivity contribution is 9.10. The van der Waals surface area contributed by atoms with Crippen LogP contribution in [0.5, 0.6) is 0 Å². The van der Waals surface area contributed by atoms with E-state index in [2.05, 4.69) is 59.4 Å². The number of benzene rings is 1. The van der Waals surface area contributed by atoms with Crippen molar-refractivity contribution < 1.29 is 0 Å². The van der Waals surface area contributed by atoms with Crippen LogP contribution in [-0.4, -0.2) is 13.1 Å². The predicted molar refractivity (Wildman–Crippen MR) is 77.4 cm³/mol. The van der Waals surface area contributed by atoms with Crippen molar-refractivity contribution >= 4 is 15.9 Å². The van der Waals surface area contributed by atoms with Crippen LogP contribution in [0, 0.1) is 5.92 Å². The van der Waals surface area contributed by atoms with Crippen LogP contribution in [-0.2, 0) is 5.41 Å². The minimum Gasteiger partial charge on any atom is -0.316 e. The molecule has 0 aromatic heterocycles. The molecule has 0 saturated heterocycles. The second-order valence-electron chi connectivity index (χ2n) is 5.21. The van der Waals surface area contributed by atoms with E-state index in [1.54, 1.807) is 0 Å². The van der Waals surface area contributed by atoms with E-state index in [0.717, 1.165) is 19.0 Å².